The number of piperidine rings is 1. The van der Waals surface area contributed by atoms with E-state index in [1.165, 1.54) is 0 Å². The van der Waals surface area contributed by atoms with Gasteiger partial charge in [0.2, 0.25) is 0 Å². The SMILES string of the molecule is OC1CCCN(c2cc(-c3ccccc3)nc3ccnn23)C1. The highest BCUT2D eigenvalue weighted by Crippen LogP contribution is 2.26. The minimum Gasteiger partial charge on any atom is -0.391 e. The number of aliphatic hydroxyl groups excluding tert-OH is 1. The highest BCUT2D eigenvalue weighted by atomic mass is 16.3. The largest absolute Gasteiger partial charge is 0.391 e. The molecule has 1 aliphatic heterocycles. The van der Waals surface area contributed by atoms with Crippen LogP contribution in [0, 0.1) is 0 Å². The summed E-state index contributed by atoms with van der Waals surface area (Å²) in [6, 6.07) is 14.1. The average Bonchev–Trinajstić information content (AvgIpc) is 3.03. The van der Waals surface area contributed by atoms with Gasteiger partial charge in [0.05, 0.1) is 18.0 Å². The van der Waals surface area contributed by atoms with Gasteiger partial charge in [-0.25, -0.2) is 4.98 Å². The molecule has 0 bridgehead atoms. The summed E-state index contributed by atoms with van der Waals surface area (Å²) < 4.78 is 1.85. The third kappa shape index (κ3) is 2.33. The maximum Gasteiger partial charge on any atom is 0.157 e. The Kier molecular flexibility index (Phi) is 3.27. The number of aromatic nitrogens is 3. The molecule has 5 heteroatoms. The van der Waals surface area contributed by atoms with Crippen molar-refractivity contribution >= 4 is 11.5 Å². The molecule has 0 aliphatic carbocycles. The van der Waals surface area contributed by atoms with Crippen molar-refractivity contribution in [1.29, 1.82) is 0 Å². The molecule has 22 heavy (non-hydrogen) atoms. The molecule has 1 unspecified atom stereocenters. The molecule has 0 spiro atoms. The quantitative estimate of drug-likeness (QED) is 0.788. The second kappa shape index (κ2) is 5.42. The van der Waals surface area contributed by atoms with Gasteiger partial charge in [0.15, 0.2) is 5.65 Å². The van der Waals surface area contributed by atoms with Gasteiger partial charge in [0.1, 0.15) is 5.82 Å². The minimum absolute atomic E-state index is 0.271. The second-order valence-electron chi connectivity index (χ2n) is 5.71. The molecule has 1 fully saturated rings. The molecule has 1 aliphatic rings. The summed E-state index contributed by atoms with van der Waals surface area (Å²) in [7, 11) is 0. The fourth-order valence-corrected chi connectivity index (χ4v) is 3.04. The molecule has 3 heterocycles. The van der Waals surface area contributed by atoms with Crippen LogP contribution >= 0.6 is 0 Å². The van der Waals surface area contributed by atoms with Crippen LogP contribution in [0.4, 0.5) is 5.82 Å². The molecule has 1 aromatic carbocycles. The molecule has 0 saturated carbocycles. The summed E-state index contributed by atoms with van der Waals surface area (Å²) >= 11 is 0. The average molecular weight is 294 g/mol. The normalized spacial score (nSPS) is 18.8. The van der Waals surface area contributed by atoms with Crippen LogP contribution in [0.2, 0.25) is 0 Å². The highest BCUT2D eigenvalue weighted by molar-refractivity contribution is 5.66. The summed E-state index contributed by atoms with van der Waals surface area (Å²) in [5.74, 6) is 0.993. The van der Waals surface area contributed by atoms with Gasteiger partial charge in [0, 0.05) is 30.8 Å². The molecule has 1 saturated heterocycles. The lowest BCUT2D eigenvalue weighted by Gasteiger charge is -2.32. The van der Waals surface area contributed by atoms with E-state index < -0.39 is 0 Å². The molecule has 5 nitrogen and oxygen atoms in total. The molecular weight excluding hydrogens is 276 g/mol. The van der Waals surface area contributed by atoms with E-state index in [9.17, 15) is 5.11 Å². The van der Waals surface area contributed by atoms with Gasteiger partial charge in [-0.15, -0.1) is 0 Å². The van der Waals surface area contributed by atoms with E-state index in [0.29, 0.717) is 6.54 Å². The fourth-order valence-electron chi connectivity index (χ4n) is 3.04. The van der Waals surface area contributed by atoms with E-state index in [0.717, 1.165) is 42.1 Å². The number of anilines is 1. The van der Waals surface area contributed by atoms with Crippen LogP contribution in [0.1, 0.15) is 12.8 Å². The zero-order chi connectivity index (χ0) is 14.9. The number of fused-ring (bicyclic) bond motifs is 1. The first kappa shape index (κ1) is 13.3. The van der Waals surface area contributed by atoms with Crippen molar-refractivity contribution < 1.29 is 5.11 Å². The van der Waals surface area contributed by atoms with Crippen LogP contribution in [0.5, 0.6) is 0 Å². The Morgan fingerprint density at radius 1 is 1.14 bits per heavy atom. The van der Waals surface area contributed by atoms with Crippen LogP contribution < -0.4 is 4.90 Å². The van der Waals surface area contributed by atoms with Crippen molar-refractivity contribution in [3.8, 4) is 11.3 Å². The summed E-state index contributed by atoms with van der Waals surface area (Å²) in [4.78, 5) is 6.89. The third-order valence-electron chi connectivity index (χ3n) is 4.13. The first-order valence-corrected chi connectivity index (χ1v) is 7.64. The van der Waals surface area contributed by atoms with Crippen LogP contribution in [0.15, 0.2) is 48.7 Å². The predicted octanol–water partition coefficient (Wildman–Crippen LogP) is 2.36. The van der Waals surface area contributed by atoms with Crippen molar-refractivity contribution in [1.82, 2.24) is 14.6 Å². The monoisotopic (exact) mass is 294 g/mol. The molecule has 3 aromatic rings. The summed E-state index contributed by atoms with van der Waals surface area (Å²) in [6.07, 6.45) is 3.36. The second-order valence-corrected chi connectivity index (χ2v) is 5.71. The summed E-state index contributed by atoms with van der Waals surface area (Å²) in [5, 5.41) is 14.3. The van der Waals surface area contributed by atoms with Crippen LogP contribution in [-0.2, 0) is 0 Å². The molecular formula is C17H18N4O. The standard InChI is InChI=1S/C17H18N4O/c22-14-7-4-10-20(12-14)17-11-15(13-5-2-1-3-6-13)19-16-8-9-18-21(16)17/h1-3,5-6,8-9,11,14,22H,4,7,10,12H2. The zero-order valence-electron chi connectivity index (χ0n) is 12.3. The maximum absolute atomic E-state index is 9.96. The number of β-amino-alcohol motifs (C(OH)–C–C–N with tert-alkyl or cyclic N) is 1. The van der Waals surface area contributed by atoms with Gasteiger partial charge >= 0.3 is 0 Å². The third-order valence-corrected chi connectivity index (χ3v) is 4.13. The van der Waals surface area contributed by atoms with Crippen molar-refractivity contribution in [3.63, 3.8) is 0 Å². The van der Waals surface area contributed by atoms with Gasteiger partial charge in [-0.3, -0.25) is 0 Å². The lowest BCUT2D eigenvalue weighted by molar-refractivity contribution is 0.153. The van der Waals surface area contributed by atoms with Crippen LogP contribution in [-0.4, -0.2) is 38.9 Å². The van der Waals surface area contributed by atoms with E-state index in [1.54, 1.807) is 6.20 Å². The van der Waals surface area contributed by atoms with Crippen molar-refractivity contribution in [3.05, 3.63) is 48.7 Å². The Morgan fingerprint density at radius 3 is 2.82 bits per heavy atom. The van der Waals surface area contributed by atoms with E-state index in [-0.39, 0.29) is 6.10 Å². The number of nitrogens with zero attached hydrogens (tertiary/aromatic N) is 4. The van der Waals surface area contributed by atoms with Gasteiger partial charge in [-0.1, -0.05) is 30.3 Å². The van der Waals surface area contributed by atoms with E-state index in [1.807, 2.05) is 28.8 Å². The van der Waals surface area contributed by atoms with Crippen molar-refractivity contribution in [2.45, 2.75) is 18.9 Å². The fraction of sp³-hybridized carbons (Fsp3) is 0.294. The highest BCUT2D eigenvalue weighted by Gasteiger charge is 2.21. The predicted molar refractivity (Wildman–Crippen MR) is 85.9 cm³/mol. The first-order chi connectivity index (χ1) is 10.8. The molecule has 1 atom stereocenters. The Bertz CT molecular complexity index is 784. The summed E-state index contributed by atoms with van der Waals surface area (Å²) in [5.41, 5.74) is 2.85. The first-order valence-electron chi connectivity index (χ1n) is 7.64. The van der Waals surface area contributed by atoms with E-state index in [4.69, 9.17) is 4.98 Å². The zero-order valence-corrected chi connectivity index (χ0v) is 12.3. The molecule has 1 N–H and O–H groups in total. The number of hydrogen-bond acceptors (Lipinski definition) is 4. The van der Waals surface area contributed by atoms with Gasteiger partial charge in [-0.05, 0) is 12.8 Å². The Morgan fingerprint density at radius 2 is 2.00 bits per heavy atom. The van der Waals surface area contributed by atoms with Gasteiger partial charge in [0.25, 0.3) is 0 Å². The smallest absolute Gasteiger partial charge is 0.157 e. The van der Waals surface area contributed by atoms with Crippen LogP contribution in [0.25, 0.3) is 16.9 Å². The lowest BCUT2D eigenvalue weighted by Crippen LogP contribution is -2.39. The van der Waals surface area contributed by atoms with Gasteiger partial charge < -0.3 is 10.0 Å². The Balaban J connectivity index is 1.84. The lowest BCUT2D eigenvalue weighted by atomic mass is 10.1. The summed E-state index contributed by atoms with van der Waals surface area (Å²) in [6.45, 7) is 1.58. The van der Waals surface area contributed by atoms with E-state index in [2.05, 4.69) is 28.2 Å². The molecule has 112 valence electrons. The van der Waals surface area contributed by atoms with Crippen molar-refractivity contribution in [2.24, 2.45) is 0 Å². The topological polar surface area (TPSA) is 53.7 Å². The number of rotatable bonds is 2. The van der Waals surface area contributed by atoms with Crippen molar-refractivity contribution in [2.75, 3.05) is 18.0 Å². The molecule has 4 rings (SSSR count). The number of benzene rings is 1. The number of aliphatic hydroxyl groups is 1. The minimum atomic E-state index is -0.271. The molecule has 0 radical (unpaired) electrons. The molecule has 0 amide bonds. The van der Waals surface area contributed by atoms with Gasteiger partial charge in [-0.2, -0.15) is 9.61 Å². The van der Waals surface area contributed by atoms with Crippen LogP contribution in [0.3, 0.4) is 0 Å². The Hall–Kier alpha value is -2.40. The van der Waals surface area contributed by atoms with E-state index >= 15 is 0 Å². The number of hydrogen-bond donors (Lipinski definition) is 1. The maximum atomic E-state index is 9.96. The Labute approximate surface area is 128 Å². The molecule has 2 aromatic heterocycles.